The molecule has 0 unspecified atom stereocenters. The molecule has 1 aliphatic rings. The highest BCUT2D eigenvalue weighted by molar-refractivity contribution is 5.51. The SMILES string of the molecule is CC[C@@H]1[C@@H](c2ccco2)[C@H]([N+](=O)[O-])[C@@H](c2ccccc2)N(C=O)[C@H]1O. The number of hydrogen-bond donors (Lipinski definition) is 1. The summed E-state index contributed by atoms with van der Waals surface area (Å²) in [4.78, 5) is 24.5. The van der Waals surface area contributed by atoms with E-state index in [0.29, 0.717) is 24.2 Å². The number of aliphatic hydroxyl groups excluding tert-OH is 1. The molecule has 2 heterocycles. The van der Waals surface area contributed by atoms with Crippen LogP contribution >= 0.6 is 0 Å². The van der Waals surface area contributed by atoms with Crippen molar-refractivity contribution in [3.8, 4) is 0 Å². The van der Waals surface area contributed by atoms with Crippen molar-refractivity contribution >= 4 is 6.41 Å². The number of carbonyl (C=O) groups is 1. The fourth-order valence-electron chi connectivity index (χ4n) is 3.92. The molecule has 1 saturated heterocycles. The smallest absolute Gasteiger partial charge is 0.247 e. The number of furan rings is 1. The van der Waals surface area contributed by atoms with Gasteiger partial charge in [-0.2, -0.15) is 0 Å². The number of nitrogens with zero attached hydrogens (tertiary/aromatic N) is 2. The number of nitro groups is 1. The maximum Gasteiger partial charge on any atom is 0.247 e. The molecule has 0 saturated carbocycles. The van der Waals surface area contributed by atoms with Gasteiger partial charge < -0.3 is 14.4 Å². The number of aliphatic hydroxyl groups is 1. The molecule has 0 radical (unpaired) electrons. The summed E-state index contributed by atoms with van der Waals surface area (Å²) in [6.07, 6.45) is 1.32. The predicted octanol–water partition coefficient (Wildman–Crippen LogP) is 2.57. The quantitative estimate of drug-likeness (QED) is 0.511. The van der Waals surface area contributed by atoms with E-state index in [2.05, 4.69) is 0 Å². The van der Waals surface area contributed by atoms with E-state index >= 15 is 0 Å². The van der Waals surface area contributed by atoms with E-state index in [4.69, 9.17) is 4.42 Å². The van der Waals surface area contributed by atoms with Gasteiger partial charge >= 0.3 is 0 Å². The molecule has 1 aromatic heterocycles. The fourth-order valence-corrected chi connectivity index (χ4v) is 3.92. The van der Waals surface area contributed by atoms with Crippen LogP contribution in [0.1, 0.15) is 36.6 Å². The Morgan fingerprint density at radius 3 is 2.52 bits per heavy atom. The fraction of sp³-hybridized carbons (Fsp3) is 0.389. The van der Waals surface area contributed by atoms with Crippen LogP contribution in [0.5, 0.6) is 0 Å². The van der Waals surface area contributed by atoms with Crippen molar-refractivity contribution in [1.29, 1.82) is 0 Å². The molecule has 1 amide bonds. The van der Waals surface area contributed by atoms with Gasteiger partial charge in [0.25, 0.3) is 0 Å². The highest BCUT2D eigenvalue weighted by Gasteiger charge is 2.56. The van der Waals surface area contributed by atoms with Crippen molar-refractivity contribution in [2.24, 2.45) is 5.92 Å². The number of piperidine rings is 1. The van der Waals surface area contributed by atoms with Crippen molar-refractivity contribution in [2.75, 3.05) is 0 Å². The highest BCUT2D eigenvalue weighted by atomic mass is 16.6. The third-order valence-electron chi connectivity index (χ3n) is 5.01. The molecular formula is C18H20N2O5. The lowest BCUT2D eigenvalue weighted by Gasteiger charge is -2.46. The van der Waals surface area contributed by atoms with E-state index in [1.54, 1.807) is 42.5 Å². The van der Waals surface area contributed by atoms with Gasteiger partial charge in [-0.1, -0.05) is 37.3 Å². The zero-order valence-electron chi connectivity index (χ0n) is 13.8. The summed E-state index contributed by atoms with van der Waals surface area (Å²) in [5, 5.41) is 22.8. The van der Waals surface area contributed by atoms with Crippen LogP contribution in [-0.2, 0) is 4.79 Å². The van der Waals surface area contributed by atoms with Gasteiger partial charge in [0.05, 0.1) is 12.2 Å². The molecule has 2 aromatic rings. The van der Waals surface area contributed by atoms with Crippen molar-refractivity contribution in [2.45, 2.75) is 37.6 Å². The Labute approximate surface area is 145 Å². The van der Waals surface area contributed by atoms with E-state index in [1.165, 1.54) is 6.26 Å². The average Bonchev–Trinajstić information content (AvgIpc) is 3.15. The summed E-state index contributed by atoms with van der Waals surface area (Å²) in [5.41, 5.74) is 0.612. The third kappa shape index (κ3) is 2.91. The number of carbonyl (C=O) groups excluding carboxylic acids is 1. The van der Waals surface area contributed by atoms with Gasteiger partial charge in [0.15, 0.2) is 0 Å². The summed E-state index contributed by atoms with van der Waals surface area (Å²) in [7, 11) is 0. The minimum Gasteiger partial charge on any atom is -0.469 e. The Morgan fingerprint density at radius 1 is 1.28 bits per heavy atom. The second kappa shape index (κ2) is 7.06. The van der Waals surface area contributed by atoms with Gasteiger partial charge in [0.1, 0.15) is 18.0 Å². The summed E-state index contributed by atoms with van der Waals surface area (Å²) in [6, 6.07) is 10.2. The molecular weight excluding hydrogens is 324 g/mol. The summed E-state index contributed by atoms with van der Waals surface area (Å²) in [5.74, 6) is -0.669. The Bertz CT molecular complexity index is 718. The van der Waals surface area contributed by atoms with Gasteiger partial charge in [-0.15, -0.1) is 0 Å². The zero-order valence-corrected chi connectivity index (χ0v) is 13.8. The van der Waals surface area contributed by atoms with Crippen LogP contribution in [0.25, 0.3) is 0 Å². The standard InChI is InChI=1S/C18H20N2O5/c1-2-13-15(14-9-6-10-25-14)17(20(23)24)16(19(11-21)18(13)22)12-7-4-3-5-8-12/h3-11,13,15-18,22H,2H2,1H3/t13-,15+,16-,17+,18+/m1/s1. The van der Waals surface area contributed by atoms with Crippen LogP contribution in [0.3, 0.4) is 0 Å². The lowest BCUT2D eigenvalue weighted by atomic mass is 9.73. The summed E-state index contributed by atoms with van der Waals surface area (Å²) < 4.78 is 5.46. The predicted molar refractivity (Wildman–Crippen MR) is 89.1 cm³/mol. The van der Waals surface area contributed by atoms with Crippen LogP contribution in [-0.4, -0.2) is 33.6 Å². The number of benzene rings is 1. The average molecular weight is 344 g/mol. The molecule has 7 heteroatoms. The Morgan fingerprint density at radius 2 is 2.00 bits per heavy atom. The largest absolute Gasteiger partial charge is 0.469 e. The Kier molecular flexibility index (Phi) is 4.85. The van der Waals surface area contributed by atoms with Crippen molar-refractivity contribution < 1.29 is 19.2 Å². The maximum absolute atomic E-state index is 12.0. The first-order valence-electron chi connectivity index (χ1n) is 8.22. The minimum atomic E-state index is -1.13. The normalized spacial score (nSPS) is 29.4. The monoisotopic (exact) mass is 344 g/mol. The molecule has 7 nitrogen and oxygen atoms in total. The molecule has 1 fully saturated rings. The van der Waals surface area contributed by atoms with E-state index in [1.807, 2.05) is 6.92 Å². The molecule has 25 heavy (non-hydrogen) atoms. The van der Waals surface area contributed by atoms with Crippen molar-refractivity contribution in [3.63, 3.8) is 0 Å². The zero-order chi connectivity index (χ0) is 18.0. The van der Waals surface area contributed by atoms with Crippen LogP contribution < -0.4 is 0 Å². The molecule has 0 spiro atoms. The second-order valence-electron chi connectivity index (χ2n) is 6.21. The second-order valence-corrected chi connectivity index (χ2v) is 6.21. The number of hydrogen-bond acceptors (Lipinski definition) is 5. The van der Waals surface area contributed by atoms with Gasteiger partial charge in [0, 0.05) is 10.8 Å². The molecule has 1 aromatic carbocycles. The number of rotatable bonds is 5. The molecule has 5 atom stereocenters. The first-order chi connectivity index (χ1) is 12.1. The van der Waals surface area contributed by atoms with E-state index in [0.717, 1.165) is 4.90 Å². The molecule has 0 bridgehead atoms. The number of amides is 1. The lowest BCUT2D eigenvalue weighted by Crippen LogP contribution is -2.57. The third-order valence-corrected chi connectivity index (χ3v) is 5.01. The first-order valence-corrected chi connectivity index (χ1v) is 8.22. The van der Waals surface area contributed by atoms with Crippen LogP contribution in [0.4, 0.5) is 0 Å². The summed E-state index contributed by atoms with van der Waals surface area (Å²) >= 11 is 0. The topological polar surface area (TPSA) is 96.8 Å². The van der Waals surface area contributed by atoms with E-state index in [9.17, 15) is 20.0 Å². The van der Waals surface area contributed by atoms with Crippen molar-refractivity contribution in [3.05, 3.63) is 70.2 Å². The minimum absolute atomic E-state index is 0.365. The van der Waals surface area contributed by atoms with Gasteiger partial charge in [-0.3, -0.25) is 14.9 Å². The van der Waals surface area contributed by atoms with Crippen molar-refractivity contribution in [1.82, 2.24) is 4.90 Å². The molecule has 3 rings (SSSR count). The Balaban J connectivity index is 2.17. The molecule has 0 aliphatic carbocycles. The van der Waals surface area contributed by atoms with Gasteiger partial charge in [0.2, 0.25) is 12.5 Å². The van der Waals surface area contributed by atoms with E-state index in [-0.39, 0.29) is 4.92 Å². The first kappa shape index (κ1) is 17.2. The van der Waals surface area contributed by atoms with E-state index < -0.39 is 30.1 Å². The Hall–Kier alpha value is -2.67. The van der Waals surface area contributed by atoms with Gasteiger partial charge in [-0.25, -0.2) is 0 Å². The van der Waals surface area contributed by atoms with Crippen LogP contribution in [0.2, 0.25) is 0 Å². The summed E-state index contributed by atoms with van der Waals surface area (Å²) in [6.45, 7) is 1.84. The highest BCUT2D eigenvalue weighted by Crippen LogP contribution is 2.47. The van der Waals surface area contributed by atoms with Crippen LogP contribution in [0.15, 0.2) is 53.1 Å². The molecule has 1 aliphatic heterocycles. The molecule has 1 N–H and O–H groups in total. The maximum atomic E-state index is 12.0. The lowest BCUT2D eigenvalue weighted by molar-refractivity contribution is -0.544. The molecule has 132 valence electrons. The number of likely N-dealkylation sites (tertiary alicyclic amines) is 1. The van der Waals surface area contributed by atoms with Gasteiger partial charge in [-0.05, 0) is 24.1 Å². The van der Waals surface area contributed by atoms with Crippen LogP contribution in [0, 0.1) is 16.0 Å².